The lowest BCUT2D eigenvalue weighted by atomic mass is 9.87. The van der Waals surface area contributed by atoms with Crippen molar-refractivity contribution in [2.75, 3.05) is 98.9 Å². The van der Waals surface area contributed by atoms with E-state index in [1.165, 1.54) is 12.2 Å². The fourth-order valence-corrected chi connectivity index (χ4v) is 7.28. The molecule has 10 atom stereocenters. The number of unbranched alkanes of at least 4 members (excludes halogenated alkanes) is 2. The first-order valence-electron chi connectivity index (χ1n) is 24.1. The summed E-state index contributed by atoms with van der Waals surface area (Å²) in [6, 6.07) is -1.78. The van der Waals surface area contributed by atoms with Gasteiger partial charge in [0.1, 0.15) is 37.1 Å². The van der Waals surface area contributed by atoms with Crippen LogP contribution < -0.4 is 28.3 Å². The van der Waals surface area contributed by atoms with Crippen LogP contribution in [-0.4, -0.2) is 225 Å². The summed E-state index contributed by atoms with van der Waals surface area (Å²) in [5, 5.41) is 63.2. The number of ether oxygens (including phenoxy) is 9. The van der Waals surface area contributed by atoms with Crippen LogP contribution in [0.2, 0.25) is 0 Å². The molecule has 0 aliphatic carbocycles. The molecule has 15 N–H and O–H groups in total. The molecule has 0 saturated carbocycles. The average Bonchev–Trinajstić information content (AvgIpc) is 3.34. The third-order valence-electron chi connectivity index (χ3n) is 11.2. The number of aliphatic imine (C=N–C) groups is 2. The third kappa shape index (κ3) is 24.8. The molecule has 73 heavy (non-hydrogen) atoms. The van der Waals surface area contributed by atoms with Gasteiger partial charge in [-0.3, -0.25) is 9.59 Å². The zero-order valence-electron chi connectivity index (χ0n) is 41.8. The van der Waals surface area contributed by atoms with Crippen LogP contribution in [0.5, 0.6) is 0 Å². The molecule has 0 aromatic heterocycles. The normalized spacial score (nSPS) is 21.1. The van der Waals surface area contributed by atoms with Gasteiger partial charge in [-0.2, -0.15) is 0 Å². The molecule has 0 radical (unpaired) electrons. The number of aliphatic hydroxyl groups is 4. The highest BCUT2D eigenvalue weighted by Crippen LogP contribution is 2.31. The molecule has 2 aliphatic heterocycles. The monoisotopic (exact) mass is 1050 g/mol. The summed E-state index contributed by atoms with van der Waals surface area (Å²) in [6.45, 7) is 7.21. The van der Waals surface area contributed by atoms with Crippen molar-refractivity contribution in [3.05, 3.63) is 23.7 Å². The molecule has 418 valence electrons. The van der Waals surface area contributed by atoms with E-state index < -0.39 is 109 Å². The number of nitrogens with zero attached hydrogens (tertiary/aromatic N) is 3. The summed E-state index contributed by atoms with van der Waals surface area (Å²) < 4.78 is 49.1. The molecule has 2 rings (SSSR count). The Bertz CT molecular complexity index is 1800. The lowest BCUT2D eigenvalue weighted by Crippen LogP contribution is -2.51. The Kier molecular flexibility index (Phi) is 30.9. The van der Waals surface area contributed by atoms with Gasteiger partial charge < -0.3 is 106 Å². The molecule has 1 unspecified atom stereocenters. The fraction of sp³-hybridized carbons (Fsp3) is 0.756. The molecule has 2 heterocycles. The predicted molar refractivity (Wildman–Crippen MR) is 257 cm³/mol. The van der Waals surface area contributed by atoms with Crippen molar-refractivity contribution in [1.82, 2.24) is 10.2 Å². The molecule has 2 amide bonds. The van der Waals surface area contributed by atoms with Gasteiger partial charge in [-0.1, -0.05) is 27.2 Å². The number of nitrogens with two attached hydrogens (primary N) is 4. The minimum Gasteiger partial charge on any atom is -0.480 e. The number of rotatable bonds is 38. The molecular weight excluding hydrogens is 973 g/mol. The predicted octanol–water partition coefficient (Wildman–Crippen LogP) is -2.74. The van der Waals surface area contributed by atoms with Crippen molar-refractivity contribution in [1.29, 1.82) is 0 Å². The number of aliphatic hydroxyl groups excluding tert-OH is 4. The second-order valence-corrected chi connectivity index (χ2v) is 16.9. The number of amides is 2. The smallest absolute Gasteiger partial charge is 0.407 e. The quantitative estimate of drug-likeness (QED) is 0.0129. The second-order valence-electron chi connectivity index (χ2n) is 16.9. The molecule has 0 spiro atoms. The highest BCUT2D eigenvalue weighted by Gasteiger charge is 2.44. The number of carboxylic acid groups (broad SMARTS) is 2. The standard InChI is InChI=1S/C45H78N8O20/c1-4-13-65-17-19-68-21-22-69-20-18-66-14-9-35(57)53(11-7-5-6-8-36(58)73-40(31(55)25-54)39-28(3)30(52-44(48)49)24-34(72-39)42(62)63)12-16-67-15-10-50-45(64)70-26-32(56)37(59)38-27(2)29(51-43(46)47)23-33(71-38)41(60)61/h23-24,27-32,37-40,54-56,59H,4-22,25-26H2,1-3H3,(H,50,64)(H,60,61)(H,62,63)(H4,46,47,51)(H4,48,49,52)/t27-,28-,29+,30+,31-,32-,37-,38-,39-,40?/m1/s1. The summed E-state index contributed by atoms with van der Waals surface area (Å²) in [6.07, 6.45) is -5.57. The van der Waals surface area contributed by atoms with Crippen molar-refractivity contribution in [3.63, 3.8) is 0 Å². The minimum absolute atomic E-state index is 0.00534. The zero-order chi connectivity index (χ0) is 54.3. The Morgan fingerprint density at radius 2 is 1.21 bits per heavy atom. The average molecular weight is 1050 g/mol. The number of esters is 1. The lowest BCUT2D eigenvalue weighted by Gasteiger charge is -2.38. The van der Waals surface area contributed by atoms with Gasteiger partial charge in [0.05, 0.1) is 84.6 Å². The highest BCUT2D eigenvalue weighted by atomic mass is 16.6. The van der Waals surface area contributed by atoms with Crippen LogP contribution in [0.3, 0.4) is 0 Å². The van der Waals surface area contributed by atoms with Crippen LogP contribution in [0.15, 0.2) is 33.7 Å². The number of nitrogens with one attached hydrogen (secondary N) is 1. The van der Waals surface area contributed by atoms with Crippen molar-refractivity contribution >= 4 is 41.8 Å². The number of hydrogen-bond acceptors (Lipinski definition) is 20. The Morgan fingerprint density at radius 1 is 0.685 bits per heavy atom. The first kappa shape index (κ1) is 63.5. The molecular formula is C45H78N8O20. The van der Waals surface area contributed by atoms with Crippen LogP contribution >= 0.6 is 0 Å². The summed E-state index contributed by atoms with van der Waals surface area (Å²) in [7, 11) is 0. The number of guanidine groups is 2. The van der Waals surface area contributed by atoms with Gasteiger partial charge >= 0.3 is 24.0 Å². The van der Waals surface area contributed by atoms with E-state index in [1.54, 1.807) is 18.7 Å². The first-order chi connectivity index (χ1) is 34.8. The van der Waals surface area contributed by atoms with Crippen LogP contribution in [0, 0.1) is 11.8 Å². The van der Waals surface area contributed by atoms with Crippen LogP contribution in [0.25, 0.3) is 0 Å². The maximum Gasteiger partial charge on any atom is 0.407 e. The number of carboxylic acids is 2. The zero-order valence-corrected chi connectivity index (χ0v) is 41.8. The highest BCUT2D eigenvalue weighted by molar-refractivity contribution is 5.85. The number of alkyl carbamates (subject to hydrolysis) is 1. The van der Waals surface area contributed by atoms with E-state index in [9.17, 15) is 54.6 Å². The SMILES string of the molecule is CCCOCCOCCOCCOCCC(=O)N(CCCCCC(=O)OC([C@H](O)CO)[C@@H]1OC(C(=O)O)=C[C@H](N=C(N)N)[C@H]1C)CCOCCNC(=O)OC[C@@H](O)[C@@H](O)[C@@H]1OC(C(=O)O)=C[C@H](N=C(N)N)[C@H]1C. The summed E-state index contributed by atoms with van der Waals surface area (Å²) in [4.78, 5) is 71.7. The molecule has 2 aliphatic rings. The second kappa shape index (κ2) is 35.5. The largest absolute Gasteiger partial charge is 0.480 e. The van der Waals surface area contributed by atoms with Gasteiger partial charge in [0, 0.05) is 44.5 Å². The lowest BCUT2D eigenvalue weighted by molar-refractivity contribution is -0.176. The molecule has 0 bridgehead atoms. The van der Waals surface area contributed by atoms with E-state index in [2.05, 4.69) is 15.3 Å². The minimum atomic E-state index is -1.70. The van der Waals surface area contributed by atoms with E-state index in [0.29, 0.717) is 58.9 Å². The van der Waals surface area contributed by atoms with Crippen molar-refractivity contribution in [2.45, 2.75) is 108 Å². The van der Waals surface area contributed by atoms with Crippen LogP contribution in [0.4, 0.5) is 4.79 Å². The van der Waals surface area contributed by atoms with Crippen molar-refractivity contribution in [2.24, 2.45) is 44.8 Å². The van der Waals surface area contributed by atoms with E-state index in [-0.39, 0.29) is 76.7 Å². The topological polar surface area (TPSA) is 434 Å². The number of hydrogen-bond donors (Lipinski definition) is 11. The number of carbonyl (C=O) groups is 5. The molecule has 0 aromatic rings. The third-order valence-corrected chi connectivity index (χ3v) is 11.2. The van der Waals surface area contributed by atoms with E-state index in [4.69, 9.17) is 65.6 Å². The molecule has 28 heteroatoms. The Labute approximate surface area is 423 Å². The van der Waals surface area contributed by atoms with Gasteiger partial charge in [0.2, 0.25) is 17.4 Å². The van der Waals surface area contributed by atoms with E-state index in [0.717, 1.165) is 6.42 Å². The van der Waals surface area contributed by atoms with Gasteiger partial charge in [-0.15, -0.1) is 0 Å². The Morgan fingerprint density at radius 3 is 1.74 bits per heavy atom. The van der Waals surface area contributed by atoms with E-state index in [1.807, 2.05) is 6.92 Å². The Hall–Kier alpha value is -5.59. The summed E-state index contributed by atoms with van der Waals surface area (Å²) in [5.74, 6) is -6.99. The van der Waals surface area contributed by atoms with Crippen LogP contribution in [-0.2, 0) is 61.8 Å². The summed E-state index contributed by atoms with van der Waals surface area (Å²) in [5.41, 5.74) is 22.0. The van der Waals surface area contributed by atoms with Gasteiger partial charge in [0.15, 0.2) is 18.0 Å². The first-order valence-corrected chi connectivity index (χ1v) is 24.1. The molecule has 0 fully saturated rings. The van der Waals surface area contributed by atoms with Crippen molar-refractivity contribution < 1.29 is 97.2 Å². The molecule has 0 aromatic carbocycles. The number of carbonyl (C=O) groups excluding carboxylic acids is 3. The summed E-state index contributed by atoms with van der Waals surface area (Å²) >= 11 is 0. The maximum absolute atomic E-state index is 13.3. The van der Waals surface area contributed by atoms with Gasteiger partial charge in [-0.25, -0.2) is 24.4 Å². The molecule has 0 saturated heterocycles. The van der Waals surface area contributed by atoms with Crippen LogP contribution in [0.1, 0.15) is 59.3 Å². The Balaban J connectivity index is 1.89. The van der Waals surface area contributed by atoms with Gasteiger partial charge in [0.25, 0.3) is 0 Å². The van der Waals surface area contributed by atoms with E-state index >= 15 is 0 Å². The molecule has 28 nitrogen and oxygen atoms in total. The number of aliphatic carboxylic acids is 2. The fourth-order valence-electron chi connectivity index (χ4n) is 7.28. The van der Waals surface area contributed by atoms with Gasteiger partial charge in [-0.05, 0) is 31.4 Å². The maximum atomic E-state index is 13.3. The van der Waals surface area contributed by atoms with Crippen molar-refractivity contribution in [3.8, 4) is 0 Å².